The van der Waals surface area contributed by atoms with Crippen molar-refractivity contribution in [1.82, 2.24) is 25.1 Å². The number of benzene rings is 1. The Balaban J connectivity index is 2.27. The first-order valence-electron chi connectivity index (χ1n) is 5.20. The van der Waals surface area contributed by atoms with E-state index in [4.69, 9.17) is 0 Å². The van der Waals surface area contributed by atoms with Crippen molar-refractivity contribution in [2.24, 2.45) is 0 Å². The third kappa shape index (κ3) is 2.47. The molecule has 2 aromatic rings. The molecule has 0 spiro atoms. The van der Waals surface area contributed by atoms with E-state index in [0.717, 1.165) is 5.56 Å². The number of likely N-dealkylation sites (N-methyl/N-ethyl adjacent to an activating group) is 1. The molecule has 1 amide bonds. The molecule has 6 heteroatoms. The summed E-state index contributed by atoms with van der Waals surface area (Å²) in [6.45, 7) is 0.143. The fourth-order valence-electron chi connectivity index (χ4n) is 1.37. The molecule has 88 valence electrons. The SMILES string of the molecule is CN(C)C(=O)Cn1nnnc1-c1ccccc1. The van der Waals surface area contributed by atoms with Gasteiger partial charge in [-0.3, -0.25) is 4.79 Å². The van der Waals surface area contributed by atoms with Crippen molar-refractivity contribution in [2.45, 2.75) is 6.54 Å². The van der Waals surface area contributed by atoms with Crippen molar-refractivity contribution >= 4 is 5.91 Å². The zero-order chi connectivity index (χ0) is 12.3. The van der Waals surface area contributed by atoms with E-state index in [1.54, 1.807) is 14.1 Å². The molecule has 0 fully saturated rings. The molecule has 0 radical (unpaired) electrons. The number of hydrogen-bond acceptors (Lipinski definition) is 4. The van der Waals surface area contributed by atoms with Gasteiger partial charge in [-0.1, -0.05) is 30.3 Å². The molecule has 1 aromatic carbocycles. The molecule has 0 bridgehead atoms. The molecule has 0 aliphatic rings. The standard InChI is InChI=1S/C11H13N5O/c1-15(2)10(17)8-16-11(12-13-14-16)9-6-4-3-5-7-9/h3-7H,8H2,1-2H3. The summed E-state index contributed by atoms with van der Waals surface area (Å²) in [5.41, 5.74) is 0.893. The van der Waals surface area contributed by atoms with Crippen LogP contribution in [0.25, 0.3) is 11.4 Å². The average molecular weight is 231 g/mol. The first-order chi connectivity index (χ1) is 8.18. The molecule has 0 atom stereocenters. The zero-order valence-electron chi connectivity index (χ0n) is 9.74. The van der Waals surface area contributed by atoms with Crippen LogP contribution in [0.4, 0.5) is 0 Å². The van der Waals surface area contributed by atoms with Gasteiger partial charge in [0, 0.05) is 19.7 Å². The molecule has 0 saturated heterocycles. The van der Waals surface area contributed by atoms with Crippen molar-refractivity contribution in [2.75, 3.05) is 14.1 Å². The summed E-state index contributed by atoms with van der Waals surface area (Å²) in [7, 11) is 3.41. The fraction of sp³-hybridized carbons (Fsp3) is 0.273. The van der Waals surface area contributed by atoms with Crippen LogP contribution in [-0.4, -0.2) is 45.1 Å². The summed E-state index contributed by atoms with van der Waals surface area (Å²) in [4.78, 5) is 13.1. The highest BCUT2D eigenvalue weighted by molar-refractivity contribution is 5.75. The number of rotatable bonds is 3. The molecule has 0 aliphatic heterocycles. The van der Waals surface area contributed by atoms with Gasteiger partial charge in [0.15, 0.2) is 5.82 Å². The van der Waals surface area contributed by atoms with Gasteiger partial charge in [0.1, 0.15) is 6.54 Å². The van der Waals surface area contributed by atoms with Gasteiger partial charge in [0.2, 0.25) is 5.91 Å². The zero-order valence-corrected chi connectivity index (χ0v) is 9.74. The Kier molecular flexibility index (Phi) is 3.13. The molecular formula is C11H13N5O. The van der Waals surface area contributed by atoms with Gasteiger partial charge in [-0.25, -0.2) is 4.68 Å². The van der Waals surface area contributed by atoms with Crippen LogP contribution in [0.2, 0.25) is 0 Å². The molecule has 0 unspecified atom stereocenters. The number of carbonyl (C=O) groups excluding carboxylic acids is 1. The van der Waals surface area contributed by atoms with Crippen LogP contribution in [0.5, 0.6) is 0 Å². The number of nitrogens with zero attached hydrogens (tertiary/aromatic N) is 5. The highest BCUT2D eigenvalue weighted by atomic mass is 16.2. The van der Waals surface area contributed by atoms with Gasteiger partial charge in [-0.15, -0.1) is 5.10 Å². The lowest BCUT2D eigenvalue weighted by Gasteiger charge is -2.10. The van der Waals surface area contributed by atoms with E-state index >= 15 is 0 Å². The Morgan fingerprint density at radius 1 is 1.29 bits per heavy atom. The van der Waals surface area contributed by atoms with Gasteiger partial charge in [0.05, 0.1) is 0 Å². The van der Waals surface area contributed by atoms with Crippen LogP contribution in [0.1, 0.15) is 0 Å². The lowest BCUT2D eigenvalue weighted by Crippen LogP contribution is -2.27. The van der Waals surface area contributed by atoms with Crippen molar-refractivity contribution < 1.29 is 4.79 Å². The monoisotopic (exact) mass is 231 g/mol. The van der Waals surface area contributed by atoms with Crippen molar-refractivity contribution in [3.63, 3.8) is 0 Å². The summed E-state index contributed by atoms with van der Waals surface area (Å²) < 4.78 is 1.50. The number of carbonyl (C=O) groups is 1. The average Bonchev–Trinajstić information content (AvgIpc) is 2.78. The van der Waals surface area contributed by atoms with E-state index < -0.39 is 0 Å². The van der Waals surface area contributed by atoms with Crippen LogP contribution in [-0.2, 0) is 11.3 Å². The Morgan fingerprint density at radius 3 is 2.65 bits per heavy atom. The molecule has 0 saturated carbocycles. The van der Waals surface area contributed by atoms with Crippen LogP contribution in [0.15, 0.2) is 30.3 Å². The van der Waals surface area contributed by atoms with E-state index in [2.05, 4.69) is 15.5 Å². The van der Waals surface area contributed by atoms with Gasteiger partial charge in [-0.05, 0) is 10.4 Å². The van der Waals surface area contributed by atoms with E-state index in [0.29, 0.717) is 5.82 Å². The molecular weight excluding hydrogens is 218 g/mol. The molecule has 17 heavy (non-hydrogen) atoms. The predicted octanol–water partition coefficient (Wildman–Crippen LogP) is 0.428. The minimum atomic E-state index is -0.0468. The number of hydrogen-bond donors (Lipinski definition) is 0. The van der Waals surface area contributed by atoms with E-state index in [1.165, 1.54) is 9.58 Å². The number of aromatic nitrogens is 4. The molecule has 2 rings (SSSR count). The summed E-state index contributed by atoms with van der Waals surface area (Å²) >= 11 is 0. The highest BCUT2D eigenvalue weighted by Crippen LogP contribution is 2.14. The fourth-order valence-corrected chi connectivity index (χ4v) is 1.37. The van der Waals surface area contributed by atoms with E-state index in [-0.39, 0.29) is 12.5 Å². The van der Waals surface area contributed by atoms with Gasteiger partial charge in [0.25, 0.3) is 0 Å². The summed E-state index contributed by atoms with van der Waals surface area (Å²) in [5.74, 6) is 0.551. The first kappa shape index (κ1) is 11.3. The van der Waals surface area contributed by atoms with Gasteiger partial charge in [-0.2, -0.15) is 0 Å². The summed E-state index contributed by atoms with van der Waals surface area (Å²) in [6.07, 6.45) is 0. The minimum Gasteiger partial charge on any atom is -0.347 e. The first-order valence-corrected chi connectivity index (χ1v) is 5.20. The molecule has 0 N–H and O–H groups in total. The second-order valence-electron chi connectivity index (χ2n) is 3.81. The van der Waals surface area contributed by atoms with Crippen LogP contribution >= 0.6 is 0 Å². The quantitative estimate of drug-likeness (QED) is 0.768. The largest absolute Gasteiger partial charge is 0.347 e. The van der Waals surface area contributed by atoms with E-state index in [9.17, 15) is 4.79 Å². The third-order valence-corrected chi connectivity index (χ3v) is 2.35. The Morgan fingerprint density at radius 2 is 2.00 bits per heavy atom. The lowest BCUT2D eigenvalue weighted by atomic mass is 10.2. The summed E-state index contributed by atoms with van der Waals surface area (Å²) in [5, 5.41) is 11.4. The van der Waals surface area contributed by atoms with E-state index in [1.807, 2.05) is 30.3 Å². The van der Waals surface area contributed by atoms with Gasteiger partial charge >= 0.3 is 0 Å². The van der Waals surface area contributed by atoms with Crippen LogP contribution in [0, 0.1) is 0 Å². The van der Waals surface area contributed by atoms with Crippen LogP contribution < -0.4 is 0 Å². The maximum atomic E-state index is 11.6. The maximum absolute atomic E-state index is 11.6. The molecule has 0 aliphatic carbocycles. The third-order valence-electron chi connectivity index (χ3n) is 2.35. The number of amides is 1. The van der Waals surface area contributed by atoms with Crippen LogP contribution in [0.3, 0.4) is 0 Å². The number of tetrazole rings is 1. The Labute approximate surface area is 98.9 Å². The highest BCUT2D eigenvalue weighted by Gasteiger charge is 2.12. The lowest BCUT2D eigenvalue weighted by molar-refractivity contribution is -0.129. The maximum Gasteiger partial charge on any atom is 0.243 e. The second kappa shape index (κ2) is 4.73. The Bertz CT molecular complexity index is 506. The van der Waals surface area contributed by atoms with Crippen molar-refractivity contribution in [1.29, 1.82) is 0 Å². The topological polar surface area (TPSA) is 63.9 Å². The normalized spacial score (nSPS) is 10.2. The summed E-state index contributed by atoms with van der Waals surface area (Å²) in [6, 6.07) is 9.54. The molecule has 6 nitrogen and oxygen atoms in total. The van der Waals surface area contributed by atoms with Gasteiger partial charge < -0.3 is 4.90 Å². The predicted molar refractivity (Wildman–Crippen MR) is 61.9 cm³/mol. The Hall–Kier alpha value is -2.24. The molecule has 1 aromatic heterocycles. The van der Waals surface area contributed by atoms with Crippen molar-refractivity contribution in [3.05, 3.63) is 30.3 Å². The smallest absolute Gasteiger partial charge is 0.243 e. The minimum absolute atomic E-state index is 0.0468. The molecule has 1 heterocycles. The second-order valence-corrected chi connectivity index (χ2v) is 3.81. The van der Waals surface area contributed by atoms with Crippen molar-refractivity contribution in [3.8, 4) is 11.4 Å².